The van der Waals surface area contributed by atoms with Crippen molar-refractivity contribution < 1.29 is 4.74 Å². The summed E-state index contributed by atoms with van der Waals surface area (Å²) in [5.41, 5.74) is 3.25. The number of rotatable bonds is 7. The fourth-order valence-corrected chi connectivity index (χ4v) is 2.16. The van der Waals surface area contributed by atoms with Crippen molar-refractivity contribution in [3.8, 4) is 5.75 Å². The summed E-state index contributed by atoms with van der Waals surface area (Å²) in [6, 6.07) is 0.456. The number of hydrogen-bond acceptors (Lipinski definition) is 3. The first-order valence-corrected chi connectivity index (χ1v) is 6.92. The van der Waals surface area contributed by atoms with Crippen LogP contribution in [-0.2, 0) is 6.54 Å². The molecular formula is C14H23ClN2O. The van der Waals surface area contributed by atoms with Gasteiger partial charge in [0.2, 0.25) is 0 Å². The predicted octanol–water partition coefficient (Wildman–Crippen LogP) is 3.20. The first-order chi connectivity index (χ1) is 8.60. The second-order valence-corrected chi connectivity index (χ2v) is 5.04. The van der Waals surface area contributed by atoms with Gasteiger partial charge in [0, 0.05) is 35.8 Å². The molecule has 0 fully saturated rings. The molecule has 1 aromatic heterocycles. The van der Waals surface area contributed by atoms with Gasteiger partial charge >= 0.3 is 0 Å². The summed E-state index contributed by atoms with van der Waals surface area (Å²) in [5, 5.41) is 3.47. The first kappa shape index (κ1) is 15.3. The van der Waals surface area contributed by atoms with E-state index in [9.17, 15) is 0 Å². The maximum atomic E-state index is 5.69. The molecule has 1 atom stereocenters. The monoisotopic (exact) mass is 270 g/mol. The van der Waals surface area contributed by atoms with Crippen LogP contribution in [0.5, 0.6) is 5.75 Å². The predicted molar refractivity (Wildman–Crippen MR) is 76.5 cm³/mol. The Bertz CT molecular complexity index is 382. The first-order valence-electron chi connectivity index (χ1n) is 6.38. The van der Waals surface area contributed by atoms with Gasteiger partial charge in [-0.15, -0.1) is 11.6 Å². The maximum Gasteiger partial charge on any atom is 0.128 e. The standard InChI is InChI=1S/C14H23ClN2O/c1-10-8-17-13(12(3)14(10)18-4)9-16-11(2)6-5-7-15/h8,11,16H,5-7,9H2,1-4H3. The van der Waals surface area contributed by atoms with E-state index in [4.69, 9.17) is 16.3 Å². The van der Waals surface area contributed by atoms with Crippen molar-refractivity contribution in [3.63, 3.8) is 0 Å². The van der Waals surface area contributed by atoms with E-state index in [0.717, 1.165) is 47.8 Å². The summed E-state index contributed by atoms with van der Waals surface area (Å²) in [6.07, 6.45) is 4.00. The Hall–Kier alpha value is -0.800. The second-order valence-electron chi connectivity index (χ2n) is 4.66. The Morgan fingerprint density at radius 2 is 2.17 bits per heavy atom. The highest BCUT2D eigenvalue weighted by Crippen LogP contribution is 2.23. The molecule has 3 nitrogen and oxygen atoms in total. The average Bonchev–Trinajstić information content (AvgIpc) is 2.36. The number of methoxy groups -OCH3 is 1. The topological polar surface area (TPSA) is 34.1 Å². The lowest BCUT2D eigenvalue weighted by Crippen LogP contribution is -2.26. The van der Waals surface area contributed by atoms with E-state index in [2.05, 4.69) is 24.1 Å². The lowest BCUT2D eigenvalue weighted by molar-refractivity contribution is 0.405. The van der Waals surface area contributed by atoms with Crippen LogP contribution in [0.4, 0.5) is 0 Å². The fourth-order valence-electron chi connectivity index (χ4n) is 2.01. The highest BCUT2D eigenvalue weighted by Gasteiger charge is 2.10. The van der Waals surface area contributed by atoms with E-state index >= 15 is 0 Å². The van der Waals surface area contributed by atoms with Gasteiger partial charge < -0.3 is 10.1 Å². The SMILES string of the molecule is COc1c(C)cnc(CNC(C)CCCCl)c1C. The van der Waals surface area contributed by atoms with Crippen LogP contribution in [0.2, 0.25) is 0 Å². The van der Waals surface area contributed by atoms with Crippen LogP contribution in [-0.4, -0.2) is 24.0 Å². The Morgan fingerprint density at radius 1 is 1.44 bits per heavy atom. The number of halogens is 1. The molecule has 0 aromatic carbocycles. The van der Waals surface area contributed by atoms with Crippen molar-refractivity contribution in [2.75, 3.05) is 13.0 Å². The van der Waals surface area contributed by atoms with E-state index in [1.165, 1.54) is 0 Å². The zero-order valence-corrected chi connectivity index (χ0v) is 12.5. The molecule has 0 saturated carbocycles. The van der Waals surface area contributed by atoms with Gasteiger partial charge in [-0.2, -0.15) is 0 Å². The molecule has 0 radical (unpaired) electrons. The Kier molecular flexibility index (Phi) is 6.44. The van der Waals surface area contributed by atoms with Crippen molar-refractivity contribution in [3.05, 3.63) is 23.0 Å². The largest absolute Gasteiger partial charge is 0.496 e. The maximum absolute atomic E-state index is 5.69. The van der Waals surface area contributed by atoms with Crippen LogP contribution in [0, 0.1) is 13.8 Å². The lowest BCUT2D eigenvalue weighted by Gasteiger charge is -2.16. The Morgan fingerprint density at radius 3 is 2.78 bits per heavy atom. The zero-order valence-electron chi connectivity index (χ0n) is 11.7. The molecule has 1 rings (SSSR count). The molecule has 0 aliphatic heterocycles. The number of aryl methyl sites for hydroxylation is 1. The molecule has 1 heterocycles. The third kappa shape index (κ3) is 4.14. The van der Waals surface area contributed by atoms with E-state index in [-0.39, 0.29) is 0 Å². The summed E-state index contributed by atoms with van der Waals surface area (Å²) in [7, 11) is 1.70. The normalized spacial score (nSPS) is 12.5. The number of hydrogen-bond donors (Lipinski definition) is 1. The van der Waals surface area contributed by atoms with Gasteiger partial charge in [-0.05, 0) is 33.6 Å². The van der Waals surface area contributed by atoms with E-state index < -0.39 is 0 Å². The second kappa shape index (κ2) is 7.59. The highest BCUT2D eigenvalue weighted by molar-refractivity contribution is 6.17. The van der Waals surface area contributed by atoms with Crippen LogP contribution in [0.1, 0.15) is 36.6 Å². The van der Waals surface area contributed by atoms with Crippen molar-refractivity contribution >= 4 is 11.6 Å². The van der Waals surface area contributed by atoms with Gasteiger partial charge in [-0.3, -0.25) is 4.98 Å². The number of alkyl halides is 1. The molecule has 1 N–H and O–H groups in total. The summed E-state index contributed by atoms with van der Waals surface area (Å²) < 4.78 is 5.40. The molecule has 0 aliphatic carbocycles. The van der Waals surface area contributed by atoms with Gasteiger partial charge in [0.05, 0.1) is 12.8 Å². The van der Waals surface area contributed by atoms with Gasteiger partial charge in [0.15, 0.2) is 0 Å². The average molecular weight is 271 g/mol. The number of ether oxygens (including phenoxy) is 1. The van der Waals surface area contributed by atoms with Crippen LogP contribution in [0.25, 0.3) is 0 Å². The van der Waals surface area contributed by atoms with E-state index in [1.54, 1.807) is 7.11 Å². The molecule has 1 unspecified atom stereocenters. The molecule has 0 spiro atoms. The van der Waals surface area contributed by atoms with Crippen LogP contribution < -0.4 is 10.1 Å². The highest BCUT2D eigenvalue weighted by atomic mass is 35.5. The minimum Gasteiger partial charge on any atom is -0.496 e. The molecular weight excluding hydrogens is 248 g/mol. The number of nitrogens with one attached hydrogen (secondary N) is 1. The van der Waals surface area contributed by atoms with Gasteiger partial charge in [0.25, 0.3) is 0 Å². The number of pyridine rings is 1. The molecule has 1 aromatic rings. The quantitative estimate of drug-likeness (QED) is 0.773. The summed E-state index contributed by atoms with van der Waals surface area (Å²) >= 11 is 5.69. The Labute approximate surface area is 115 Å². The Balaban J connectivity index is 2.62. The van der Waals surface area contributed by atoms with E-state index in [1.807, 2.05) is 13.1 Å². The molecule has 4 heteroatoms. The third-order valence-electron chi connectivity index (χ3n) is 3.14. The molecule has 0 aliphatic rings. The molecule has 0 saturated heterocycles. The zero-order chi connectivity index (χ0) is 13.5. The summed E-state index contributed by atoms with van der Waals surface area (Å²) in [6.45, 7) is 7.01. The minimum atomic E-state index is 0.456. The van der Waals surface area contributed by atoms with Gasteiger partial charge in [-0.25, -0.2) is 0 Å². The van der Waals surface area contributed by atoms with Gasteiger partial charge in [-0.1, -0.05) is 0 Å². The smallest absolute Gasteiger partial charge is 0.128 e. The molecule has 102 valence electrons. The van der Waals surface area contributed by atoms with Crippen molar-refractivity contribution in [2.45, 2.75) is 46.2 Å². The number of nitrogens with zero attached hydrogens (tertiary/aromatic N) is 1. The van der Waals surface area contributed by atoms with E-state index in [0.29, 0.717) is 6.04 Å². The van der Waals surface area contributed by atoms with Crippen LogP contribution >= 0.6 is 11.6 Å². The number of aromatic nitrogens is 1. The molecule has 0 amide bonds. The summed E-state index contributed by atoms with van der Waals surface area (Å²) in [5.74, 6) is 1.66. The lowest BCUT2D eigenvalue weighted by atomic mass is 10.1. The van der Waals surface area contributed by atoms with Crippen molar-refractivity contribution in [1.29, 1.82) is 0 Å². The summed E-state index contributed by atoms with van der Waals surface area (Å²) in [4.78, 5) is 4.47. The molecule has 18 heavy (non-hydrogen) atoms. The van der Waals surface area contributed by atoms with Gasteiger partial charge in [0.1, 0.15) is 5.75 Å². The van der Waals surface area contributed by atoms with Crippen molar-refractivity contribution in [1.82, 2.24) is 10.3 Å². The molecule has 0 bridgehead atoms. The van der Waals surface area contributed by atoms with Crippen molar-refractivity contribution in [2.24, 2.45) is 0 Å². The minimum absolute atomic E-state index is 0.456. The van der Waals surface area contributed by atoms with Crippen LogP contribution in [0.3, 0.4) is 0 Å². The third-order valence-corrected chi connectivity index (χ3v) is 3.41. The fraction of sp³-hybridized carbons (Fsp3) is 0.643. The van der Waals surface area contributed by atoms with Crippen LogP contribution in [0.15, 0.2) is 6.20 Å².